The first kappa shape index (κ1) is 24.5. The number of sulfonamides is 1. The molecule has 0 saturated carbocycles. The maximum atomic E-state index is 13.6. The summed E-state index contributed by atoms with van der Waals surface area (Å²) in [6, 6.07) is 20.3. The summed E-state index contributed by atoms with van der Waals surface area (Å²) in [6.45, 7) is 4.70. The van der Waals surface area contributed by atoms with Crippen LogP contribution < -0.4 is 9.62 Å². The van der Waals surface area contributed by atoms with E-state index in [2.05, 4.69) is 5.32 Å². The number of nitrogens with zero attached hydrogens (tertiary/aromatic N) is 2. The van der Waals surface area contributed by atoms with Gasteiger partial charge in [0.2, 0.25) is 5.91 Å². The summed E-state index contributed by atoms with van der Waals surface area (Å²) in [6.07, 6.45) is 1.92. The maximum absolute atomic E-state index is 13.6. The zero-order valence-corrected chi connectivity index (χ0v) is 20.7. The molecule has 0 atom stereocenters. The second-order valence-corrected chi connectivity index (χ2v) is 10.6. The smallest absolute Gasteiger partial charge is 0.264 e. The summed E-state index contributed by atoms with van der Waals surface area (Å²) in [4.78, 5) is 28.0. The molecule has 0 aliphatic carbocycles. The van der Waals surface area contributed by atoms with Crippen molar-refractivity contribution in [2.24, 2.45) is 0 Å². The molecule has 182 valence electrons. The number of carbonyl (C=O) groups is 2. The van der Waals surface area contributed by atoms with Gasteiger partial charge < -0.3 is 10.2 Å². The summed E-state index contributed by atoms with van der Waals surface area (Å²) in [5, 5.41) is 2.78. The molecular formula is C27H29N3O4S. The first-order valence-electron chi connectivity index (χ1n) is 11.6. The highest BCUT2D eigenvalue weighted by Gasteiger charge is 2.28. The molecule has 1 N–H and O–H groups in total. The van der Waals surface area contributed by atoms with E-state index in [4.69, 9.17) is 0 Å². The van der Waals surface area contributed by atoms with Crippen molar-refractivity contribution in [1.82, 2.24) is 4.90 Å². The Morgan fingerprint density at radius 1 is 0.886 bits per heavy atom. The number of aryl methyl sites for hydroxylation is 2. The van der Waals surface area contributed by atoms with Crippen LogP contribution >= 0.6 is 0 Å². The van der Waals surface area contributed by atoms with Crippen molar-refractivity contribution < 1.29 is 18.0 Å². The Hall–Kier alpha value is -3.65. The summed E-state index contributed by atoms with van der Waals surface area (Å²) in [5.41, 5.74) is 2.94. The minimum atomic E-state index is -4.02. The van der Waals surface area contributed by atoms with Crippen LogP contribution in [0, 0.1) is 13.8 Å². The number of nitrogens with one attached hydrogen (secondary N) is 1. The van der Waals surface area contributed by atoms with E-state index in [0.29, 0.717) is 30.0 Å². The molecule has 2 amide bonds. The van der Waals surface area contributed by atoms with Crippen LogP contribution in [-0.4, -0.2) is 44.8 Å². The number of amides is 2. The van der Waals surface area contributed by atoms with E-state index in [9.17, 15) is 18.0 Å². The first-order chi connectivity index (χ1) is 16.8. The quantitative estimate of drug-likeness (QED) is 0.532. The van der Waals surface area contributed by atoms with Gasteiger partial charge in [-0.3, -0.25) is 13.9 Å². The Bertz CT molecular complexity index is 1310. The lowest BCUT2D eigenvalue weighted by Gasteiger charge is -2.25. The molecule has 0 bridgehead atoms. The molecule has 1 aliphatic heterocycles. The molecule has 0 radical (unpaired) electrons. The predicted octanol–water partition coefficient (Wildman–Crippen LogP) is 4.37. The first-order valence-corrected chi connectivity index (χ1v) is 13.0. The molecule has 4 rings (SSSR count). The summed E-state index contributed by atoms with van der Waals surface area (Å²) < 4.78 is 28.3. The molecule has 0 unspecified atom stereocenters. The van der Waals surface area contributed by atoms with Crippen molar-refractivity contribution in [2.75, 3.05) is 29.3 Å². The SMILES string of the molecule is Cc1cc(C)cc(N(CC(=O)Nc2ccccc2C(=O)N2CCCC2)S(=O)(=O)c2ccccc2)c1. The van der Waals surface area contributed by atoms with Gasteiger partial charge in [0.25, 0.3) is 15.9 Å². The van der Waals surface area contributed by atoms with Crippen LogP contribution in [0.5, 0.6) is 0 Å². The third-order valence-electron chi connectivity index (χ3n) is 5.94. The standard InChI is InChI=1S/C27H29N3O4S/c1-20-16-21(2)18-22(17-20)30(35(33,34)23-10-4-3-5-11-23)19-26(31)28-25-13-7-6-12-24(25)27(32)29-14-8-9-15-29/h3-7,10-13,16-18H,8-9,14-15,19H2,1-2H3,(H,28,31). The van der Waals surface area contributed by atoms with Crippen molar-refractivity contribution in [2.45, 2.75) is 31.6 Å². The molecule has 1 heterocycles. The largest absolute Gasteiger partial charge is 0.339 e. The maximum Gasteiger partial charge on any atom is 0.264 e. The van der Waals surface area contributed by atoms with Crippen molar-refractivity contribution in [1.29, 1.82) is 0 Å². The van der Waals surface area contributed by atoms with Gasteiger partial charge in [-0.25, -0.2) is 8.42 Å². The number of rotatable bonds is 7. The van der Waals surface area contributed by atoms with E-state index in [1.165, 1.54) is 12.1 Å². The highest BCUT2D eigenvalue weighted by atomic mass is 32.2. The fourth-order valence-corrected chi connectivity index (χ4v) is 5.74. The Morgan fingerprint density at radius 2 is 1.49 bits per heavy atom. The van der Waals surface area contributed by atoms with Crippen molar-refractivity contribution in [3.05, 3.63) is 89.5 Å². The Balaban J connectivity index is 1.64. The van der Waals surface area contributed by atoms with Crippen molar-refractivity contribution in [3.8, 4) is 0 Å². The van der Waals surface area contributed by atoms with Crippen LogP contribution in [0.4, 0.5) is 11.4 Å². The predicted molar refractivity (Wildman–Crippen MR) is 137 cm³/mol. The van der Waals surface area contributed by atoms with Crippen LogP contribution in [0.25, 0.3) is 0 Å². The molecule has 1 aliphatic rings. The molecule has 35 heavy (non-hydrogen) atoms. The van der Waals surface area contributed by atoms with Crippen LogP contribution in [0.15, 0.2) is 77.7 Å². The van der Waals surface area contributed by atoms with Gasteiger partial charge in [0, 0.05) is 13.1 Å². The third kappa shape index (κ3) is 5.54. The van der Waals surface area contributed by atoms with Gasteiger partial charge in [-0.15, -0.1) is 0 Å². The molecule has 0 spiro atoms. The van der Waals surface area contributed by atoms with E-state index in [1.807, 2.05) is 19.9 Å². The second kappa shape index (κ2) is 10.3. The van der Waals surface area contributed by atoms with Gasteiger partial charge in [0.15, 0.2) is 0 Å². The highest BCUT2D eigenvalue weighted by Crippen LogP contribution is 2.26. The molecule has 0 aromatic heterocycles. The fourth-order valence-electron chi connectivity index (χ4n) is 4.32. The molecule has 3 aromatic carbocycles. The molecule has 1 saturated heterocycles. The number of likely N-dealkylation sites (tertiary alicyclic amines) is 1. The van der Waals surface area contributed by atoms with Gasteiger partial charge in [-0.2, -0.15) is 0 Å². The lowest BCUT2D eigenvalue weighted by molar-refractivity contribution is -0.114. The van der Waals surface area contributed by atoms with Crippen LogP contribution in [0.3, 0.4) is 0 Å². The molecule has 1 fully saturated rings. The number of carbonyl (C=O) groups excluding carboxylic acids is 2. The van der Waals surface area contributed by atoms with E-state index in [-0.39, 0.29) is 10.8 Å². The lowest BCUT2D eigenvalue weighted by Crippen LogP contribution is -2.38. The zero-order chi connectivity index (χ0) is 25.0. The Kier molecular flexibility index (Phi) is 7.21. The molecule has 3 aromatic rings. The van der Waals surface area contributed by atoms with Crippen LogP contribution in [-0.2, 0) is 14.8 Å². The topological polar surface area (TPSA) is 86.8 Å². The molecule has 8 heteroatoms. The fraction of sp³-hybridized carbons (Fsp3) is 0.259. The van der Waals surface area contributed by atoms with Crippen LogP contribution in [0.2, 0.25) is 0 Å². The van der Waals surface area contributed by atoms with E-state index in [1.54, 1.807) is 59.5 Å². The highest BCUT2D eigenvalue weighted by molar-refractivity contribution is 7.92. The minimum absolute atomic E-state index is 0.0940. The Labute approximate surface area is 206 Å². The summed E-state index contributed by atoms with van der Waals surface area (Å²) in [7, 11) is -4.02. The number of hydrogen-bond acceptors (Lipinski definition) is 4. The number of hydrogen-bond donors (Lipinski definition) is 1. The van der Waals surface area contributed by atoms with Gasteiger partial charge in [0.05, 0.1) is 21.8 Å². The zero-order valence-electron chi connectivity index (χ0n) is 19.9. The van der Waals surface area contributed by atoms with Gasteiger partial charge >= 0.3 is 0 Å². The normalized spacial score (nSPS) is 13.5. The van der Waals surface area contributed by atoms with E-state index >= 15 is 0 Å². The average molecular weight is 492 g/mol. The Morgan fingerprint density at radius 3 is 2.14 bits per heavy atom. The van der Waals surface area contributed by atoms with Crippen LogP contribution in [0.1, 0.15) is 34.3 Å². The average Bonchev–Trinajstić information content (AvgIpc) is 3.37. The minimum Gasteiger partial charge on any atom is -0.339 e. The number of para-hydroxylation sites is 1. The lowest BCUT2D eigenvalue weighted by atomic mass is 10.1. The van der Waals surface area contributed by atoms with Crippen molar-refractivity contribution in [3.63, 3.8) is 0 Å². The van der Waals surface area contributed by atoms with Gasteiger partial charge in [-0.1, -0.05) is 36.4 Å². The third-order valence-corrected chi connectivity index (χ3v) is 7.73. The summed E-state index contributed by atoms with van der Waals surface area (Å²) >= 11 is 0. The van der Waals surface area contributed by atoms with Gasteiger partial charge in [0.1, 0.15) is 6.54 Å². The molecule has 7 nitrogen and oxygen atoms in total. The monoisotopic (exact) mass is 491 g/mol. The summed E-state index contributed by atoms with van der Waals surface area (Å²) in [5.74, 6) is -0.674. The van der Waals surface area contributed by atoms with E-state index < -0.39 is 22.5 Å². The van der Waals surface area contributed by atoms with E-state index in [0.717, 1.165) is 28.3 Å². The van der Waals surface area contributed by atoms with Gasteiger partial charge in [-0.05, 0) is 74.2 Å². The van der Waals surface area contributed by atoms with Crippen molar-refractivity contribution >= 4 is 33.2 Å². The number of anilines is 2. The number of benzene rings is 3. The molecular weight excluding hydrogens is 462 g/mol. The second-order valence-electron chi connectivity index (χ2n) is 8.76.